The molecule has 1 aromatic heterocycles. The predicted octanol–water partition coefficient (Wildman–Crippen LogP) is 3.26. The Hall–Kier alpha value is -1.59. The zero-order chi connectivity index (χ0) is 13.7. The third kappa shape index (κ3) is 3.68. The first-order chi connectivity index (χ1) is 9.20. The van der Waals surface area contributed by atoms with Gasteiger partial charge >= 0.3 is 0 Å². The van der Waals surface area contributed by atoms with Crippen LogP contribution in [0.4, 0.5) is 0 Å². The zero-order valence-corrected chi connectivity index (χ0v) is 11.8. The second kappa shape index (κ2) is 6.54. The third-order valence-corrected chi connectivity index (χ3v) is 2.78. The van der Waals surface area contributed by atoms with Gasteiger partial charge in [-0.1, -0.05) is 30.1 Å². The van der Waals surface area contributed by atoms with E-state index in [0.717, 1.165) is 12.0 Å². The molecule has 0 aliphatic rings. The largest absolute Gasteiger partial charge is 0.490 e. The molecule has 100 valence electrons. The Morgan fingerprint density at radius 1 is 1.26 bits per heavy atom. The highest BCUT2D eigenvalue weighted by Crippen LogP contribution is 2.33. The summed E-state index contributed by atoms with van der Waals surface area (Å²) in [5.74, 6) is 0.506. The summed E-state index contributed by atoms with van der Waals surface area (Å²) in [6.45, 7) is 2.59. The lowest BCUT2D eigenvalue weighted by atomic mass is 10.2. The minimum absolute atomic E-state index is 0.464. The third-order valence-electron chi connectivity index (χ3n) is 2.22. The normalized spacial score (nSPS) is 11.1. The summed E-state index contributed by atoms with van der Waals surface area (Å²) in [5, 5.41) is 12.3. The average Bonchev–Trinajstić information content (AvgIpc) is 2.88. The van der Waals surface area contributed by atoms with E-state index in [0.29, 0.717) is 22.4 Å². The van der Waals surface area contributed by atoms with Gasteiger partial charge in [0.25, 0.3) is 0 Å². The van der Waals surface area contributed by atoms with Crippen molar-refractivity contribution in [3.63, 3.8) is 0 Å². The molecule has 0 N–H and O–H groups in total. The Kier molecular flexibility index (Phi) is 4.76. The van der Waals surface area contributed by atoms with Gasteiger partial charge in [-0.15, -0.1) is 10.2 Å². The summed E-state index contributed by atoms with van der Waals surface area (Å²) < 4.78 is 6.96. The molecular formula is C12H12Cl2N4O. The van der Waals surface area contributed by atoms with Crippen molar-refractivity contribution >= 4 is 29.4 Å². The molecule has 2 aromatic rings. The van der Waals surface area contributed by atoms with Gasteiger partial charge in [0, 0.05) is 0 Å². The van der Waals surface area contributed by atoms with Crippen molar-refractivity contribution in [2.45, 2.75) is 13.3 Å². The van der Waals surface area contributed by atoms with Gasteiger partial charge in [-0.25, -0.2) is 4.68 Å². The Morgan fingerprint density at radius 3 is 2.47 bits per heavy atom. The summed E-state index contributed by atoms with van der Waals surface area (Å²) in [4.78, 5) is 0. The van der Waals surface area contributed by atoms with Crippen molar-refractivity contribution in [1.82, 2.24) is 14.9 Å². The summed E-state index contributed by atoms with van der Waals surface area (Å²) in [7, 11) is 0. The Bertz CT molecular complexity index is 546. The predicted molar refractivity (Wildman–Crippen MR) is 75.3 cm³/mol. The molecule has 7 heteroatoms. The van der Waals surface area contributed by atoms with Gasteiger partial charge in [0.05, 0.1) is 22.9 Å². The van der Waals surface area contributed by atoms with Crippen LogP contribution in [0.3, 0.4) is 0 Å². The molecule has 0 saturated heterocycles. The van der Waals surface area contributed by atoms with Crippen LogP contribution in [0.15, 0.2) is 29.9 Å². The summed E-state index contributed by atoms with van der Waals surface area (Å²) in [5.41, 5.74) is 0.771. The van der Waals surface area contributed by atoms with Crippen molar-refractivity contribution in [2.24, 2.45) is 5.10 Å². The van der Waals surface area contributed by atoms with Gasteiger partial charge in [0.15, 0.2) is 5.75 Å². The molecule has 0 atom stereocenters. The van der Waals surface area contributed by atoms with Crippen LogP contribution in [0.25, 0.3) is 0 Å². The molecular weight excluding hydrogens is 287 g/mol. The van der Waals surface area contributed by atoms with E-state index in [1.54, 1.807) is 18.3 Å². The molecule has 0 amide bonds. The first-order valence-corrected chi connectivity index (χ1v) is 6.47. The van der Waals surface area contributed by atoms with Crippen LogP contribution in [0.1, 0.15) is 18.9 Å². The first kappa shape index (κ1) is 13.8. The number of hydrogen-bond acceptors (Lipinski definition) is 4. The second-order valence-corrected chi connectivity index (χ2v) is 4.56. The van der Waals surface area contributed by atoms with Crippen molar-refractivity contribution in [3.05, 3.63) is 40.4 Å². The molecule has 0 spiro atoms. The van der Waals surface area contributed by atoms with E-state index in [-0.39, 0.29) is 0 Å². The smallest absolute Gasteiger partial charge is 0.156 e. The number of ether oxygens (including phenoxy) is 1. The molecule has 0 unspecified atom stereocenters. The molecule has 2 rings (SSSR count). The van der Waals surface area contributed by atoms with Crippen molar-refractivity contribution in [2.75, 3.05) is 6.61 Å². The van der Waals surface area contributed by atoms with Crippen LogP contribution in [-0.2, 0) is 0 Å². The molecule has 0 aliphatic heterocycles. The van der Waals surface area contributed by atoms with Crippen LogP contribution in [0.5, 0.6) is 5.75 Å². The molecule has 0 fully saturated rings. The number of nitrogens with zero attached hydrogens (tertiary/aromatic N) is 4. The topological polar surface area (TPSA) is 52.3 Å². The van der Waals surface area contributed by atoms with Gasteiger partial charge in [0.2, 0.25) is 0 Å². The summed E-state index contributed by atoms with van der Waals surface area (Å²) >= 11 is 12.3. The van der Waals surface area contributed by atoms with E-state index < -0.39 is 0 Å². The van der Waals surface area contributed by atoms with Gasteiger partial charge in [-0.05, 0) is 24.1 Å². The molecule has 5 nitrogen and oxygen atoms in total. The van der Waals surface area contributed by atoms with Gasteiger partial charge in [-0.2, -0.15) is 5.10 Å². The monoisotopic (exact) mass is 298 g/mol. The molecule has 1 aromatic carbocycles. The minimum atomic E-state index is 0.464. The standard InChI is InChI=1S/C12H12Cl2N4O/c1-2-3-19-12-10(13)4-9(5-11(12)14)6-17-18-7-15-16-8-18/h4-8H,2-3H2,1H3/b17-6-. The van der Waals surface area contributed by atoms with Gasteiger partial charge in [-0.3, -0.25) is 0 Å². The van der Waals surface area contributed by atoms with Crippen molar-refractivity contribution in [3.8, 4) is 5.75 Å². The quantitative estimate of drug-likeness (QED) is 0.796. The van der Waals surface area contributed by atoms with Crippen LogP contribution >= 0.6 is 23.2 Å². The number of benzene rings is 1. The second-order valence-electron chi connectivity index (χ2n) is 3.75. The average molecular weight is 299 g/mol. The molecule has 0 saturated carbocycles. The Morgan fingerprint density at radius 2 is 1.89 bits per heavy atom. The van der Waals surface area contributed by atoms with E-state index >= 15 is 0 Å². The van der Waals surface area contributed by atoms with E-state index in [1.807, 2.05) is 6.92 Å². The molecule has 1 heterocycles. The van der Waals surface area contributed by atoms with Gasteiger partial charge < -0.3 is 4.74 Å². The van der Waals surface area contributed by atoms with Crippen LogP contribution in [-0.4, -0.2) is 27.7 Å². The lowest BCUT2D eigenvalue weighted by Crippen LogP contribution is -1.97. The molecule has 0 radical (unpaired) electrons. The molecule has 19 heavy (non-hydrogen) atoms. The van der Waals surface area contributed by atoms with E-state index in [9.17, 15) is 0 Å². The lowest BCUT2D eigenvalue weighted by molar-refractivity contribution is 0.318. The van der Waals surface area contributed by atoms with Crippen LogP contribution < -0.4 is 4.74 Å². The van der Waals surface area contributed by atoms with Gasteiger partial charge in [0.1, 0.15) is 12.7 Å². The van der Waals surface area contributed by atoms with E-state index in [4.69, 9.17) is 27.9 Å². The Balaban J connectivity index is 2.19. The van der Waals surface area contributed by atoms with Crippen molar-refractivity contribution in [1.29, 1.82) is 0 Å². The summed E-state index contributed by atoms with van der Waals surface area (Å²) in [6.07, 6.45) is 5.48. The van der Waals surface area contributed by atoms with Crippen LogP contribution in [0, 0.1) is 0 Å². The SMILES string of the molecule is CCCOc1c(Cl)cc(/C=N\n2cnnc2)cc1Cl. The number of halogens is 2. The fourth-order valence-electron chi connectivity index (χ4n) is 1.38. The molecule has 0 aliphatic carbocycles. The number of rotatable bonds is 5. The fourth-order valence-corrected chi connectivity index (χ4v) is 2.00. The first-order valence-electron chi connectivity index (χ1n) is 5.71. The number of hydrogen-bond donors (Lipinski definition) is 0. The highest BCUT2D eigenvalue weighted by Gasteiger charge is 2.08. The van der Waals surface area contributed by atoms with Crippen molar-refractivity contribution < 1.29 is 4.74 Å². The molecule has 0 bridgehead atoms. The summed E-state index contributed by atoms with van der Waals surface area (Å²) in [6, 6.07) is 3.48. The van der Waals surface area contributed by atoms with E-state index in [1.165, 1.54) is 17.3 Å². The lowest BCUT2D eigenvalue weighted by Gasteiger charge is -2.09. The zero-order valence-electron chi connectivity index (χ0n) is 10.3. The minimum Gasteiger partial charge on any atom is -0.490 e. The maximum absolute atomic E-state index is 6.13. The highest BCUT2D eigenvalue weighted by atomic mass is 35.5. The maximum atomic E-state index is 6.13. The highest BCUT2D eigenvalue weighted by molar-refractivity contribution is 6.37. The maximum Gasteiger partial charge on any atom is 0.156 e. The Labute approximate surface area is 120 Å². The van der Waals surface area contributed by atoms with E-state index in [2.05, 4.69) is 15.3 Å². The number of aromatic nitrogens is 3. The van der Waals surface area contributed by atoms with Crippen LogP contribution in [0.2, 0.25) is 10.0 Å². The fraction of sp³-hybridized carbons (Fsp3) is 0.250.